The summed E-state index contributed by atoms with van der Waals surface area (Å²) >= 11 is 0. The van der Waals surface area contributed by atoms with Gasteiger partial charge >= 0.3 is 0 Å². The second-order valence-corrected chi connectivity index (χ2v) is 6.75. The number of piperazine rings is 1. The molecule has 2 aromatic rings. The highest BCUT2D eigenvalue weighted by molar-refractivity contribution is 5.76. The van der Waals surface area contributed by atoms with E-state index in [1.807, 2.05) is 49.4 Å². The zero-order chi connectivity index (χ0) is 18.4. The van der Waals surface area contributed by atoms with E-state index in [0.29, 0.717) is 6.42 Å². The van der Waals surface area contributed by atoms with Crippen molar-refractivity contribution in [2.24, 2.45) is 0 Å². The monoisotopic (exact) mass is 355 g/mol. The highest BCUT2D eigenvalue weighted by Crippen LogP contribution is 2.17. The average Bonchev–Trinajstić information content (AvgIpc) is 2.68. The third-order valence-electron chi connectivity index (χ3n) is 4.90. The Morgan fingerprint density at radius 3 is 2.35 bits per heavy atom. The summed E-state index contributed by atoms with van der Waals surface area (Å²) in [7, 11) is 0. The summed E-state index contributed by atoms with van der Waals surface area (Å²) in [5.74, 6) is -0.120. The summed E-state index contributed by atoms with van der Waals surface area (Å²) in [5, 5.41) is 3.06. The molecule has 1 fully saturated rings. The molecule has 26 heavy (non-hydrogen) atoms. The van der Waals surface area contributed by atoms with Gasteiger partial charge in [-0.1, -0.05) is 30.3 Å². The molecule has 0 spiro atoms. The molecule has 1 heterocycles. The molecular formula is C21H26FN3O. The molecule has 0 aromatic heterocycles. The summed E-state index contributed by atoms with van der Waals surface area (Å²) < 4.78 is 13.0. The quantitative estimate of drug-likeness (QED) is 0.864. The molecule has 1 aliphatic rings. The molecule has 0 saturated carbocycles. The van der Waals surface area contributed by atoms with Gasteiger partial charge in [0.15, 0.2) is 0 Å². The fourth-order valence-electron chi connectivity index (χ4n) is 3.28. The van der Waals surface area contributed by atoms with E-state index < -0.39 is 0 Å². The minimum atomic E-state index is -0.205. The van der Waals surface area contributed by atoms with Gasteiger partial charge in [-0.05, 0) is 36.8 Å². The number of rotatable bonds is 6. The molecule has 1 aliphatic heterocycles. The lowest BCUT2D eigenvalue weighted by atomic mass is 10.1. The molecule has 1 N–H and O–H groups in total. The van der Waals surface area contributed by atoms with Crippen molar-refractivity contribution < 1.29 is 9.18 Å². The normalized spacial score (nSPS) is 16.3. The first-order chi connectivity index (χ1) is 12.6. The van der Waals surface area contributed by atoms with Gasteiger partial charge in [0.25, 0.3) is 0 Å². The number of carbonyl (C=O) groups excluding carboxylic acids is 1. The zero-order valence-corrected chi connectivity index (χ0v) is 15.2. The maximum Gasteiger partial charge on any atom is 0.221 e. The van der Waals surface area contributed by atoms with Crippen LogP contribution in [0.2, 0.25) is 0 Å². The van der Waals surface area contributed by atoms with E-state index >= 15 is 0 Å². The Bertz CT molecular complexity index is 697. The van der Waals surface area contributed by atoms with E-state index in [2.05, 4.69) is 15.1 Å². The molecule has 0 bridgehead atoms. The van der Waals surface area contributed by atoms with Crippen molar-refractivity contribution >= 4 is 11.6 Å². The van der Waals surface area contributed by atoms with Gasteiger partial charge in [-0.3, -0.25) is 9.69 Å². The van der Waals surface area contributed by atoms with Crippen LogP contribution in [-0.4, -0.2) is 43.5 Å². The third-order valence-corrected chi connectivity index (χ3v) is 4.90. The van der Waals surface area contributed by atoms with Gasteiger partial charge in [-0.25, -0.2) is 4.39 Å². The Morgan fingerprint density at radius 1 is 1.04 bits per heavy atom. The van der Waals surface area contributed by atoms with Crippen LogP contribution in [0.25, 0.3) is 0 Å². The second kappa shape index (κ2) is 8.81. The van der Waals surface area contributed by atoms with Crippen molar-refractivity contribution in [2.75, 3.05) is 37.6 Å². The summed E-state index contributed by atoms with van der Waals surface area (Å²) in [6, 6.07) is 16.7. The van der Waals surface area contributed by atoms with E-state index in [1.165, 1.54) is 12.1 Å². The van der Waals surface area contributed by atoms with Crippen LogP contribution in [0.4, 0.5) is 10.1 Å². The number of nitrogens with zero attached hydrogens (tertiary/aromatic N) is 2. The number of amides is 1. The van der Waals surface area contributed by atoms with Crippen LogP contribution < -0.4 is 10.2 Å². The van der Waals surface area contributed by atoms with Gasteiger partial charge in [0.1, 0.15) is 5.82 Å². The first kappa shape index (κ1) is 18.4. The highest BCUT2D eigenvalue weighted by atomic mass is 19.1. The van der Waals surface area contributed by atoms with Crippen molar-refractivity contribution in [3.8, 4) is 0 Å². The Hall–Kier alpha value is -2.40. The fraction of sp³-hybridized carbons (Fsp3) is 0.381. The number of anilines is 1. The highest BCUT2D eigenvalue weighted by Gasteiger charge is 2.18. The van der Waals surface area contributed by atoms with Crippen molar-refractivity contribution in [1.29, 1.82) is 0 Å². The maximum absolute atomic E-state index is 13.0. The number of halogens is 1. The van der Waals surface area contributed by atoms with Gasteiger partial charge < -0.3 is 10.2 Å². The molecule has 0 radical (unpaired) electrons. The first-order valence-corrected chi connectivity index (χ1v) is 9.19. The van der Waals surface area contributed by atoms with E-state index in [0.717, 1.165) is 44.0 Å². The second-order valence-electron chi connectivity index (χ2n) is 6.75. The van der Waals surface area contributed by atoms with Gasteiger partial charge in [0.2, 0.25) is 5.91 Å². The number of benzene rings is 2. The molecule has 5 heteroatoms. The van der Waals surface area contributed by atoms with Crippen LogP contribution >= 0.6 is 0 Å². The van der Waals surface area contributed by atoms with E-state index in [-0.39, 0.29) is 17.8 Å². The van der Waals surface area contributed by atoms with Crippen LogP contribution in [-0.2, 0) is 4.79 Å². The standard InChI is InChI=1S/C21H26FN3O/c1-17(18-5-3-2-4-6-18)23-21(26)11-12-24-13-15-25(16-14-24)20-9-7-19(22)8-10-20/h2-10,17H,11-16H2,1H3,(H,23,26). The molecule has 1 saturated heterocycles. The van der Waals surface area contributed by atoms with E-state index in [1.54, 1.807) is 0 Å². The Labute approximate surface area is 154 Å². The van der Waals surface area contributed by atoms with Gasteiger partial charge in [-0.15, -0.1) is 0 Å². The Kier molecular flexibility index (Phi) is 6.23. The first-order valence-electron chi connectivity index (χ1n) is 9.19. The Morgan fingerprint density at radius 2 is 1.69 bits per heavy atom. The van der Waals surface area contributed by atoms with Crippen LogP contribution in [0.15, 0.2) is 54.6 Å². The van der Waals surface area contributed by atoms with Crippen molar-refractivity contribution in [3.63, 3.8) is 0 Å². The number of nitrogens with one attached hydrogen (secondary N) is 1. The average molecular weight is 355 g/mol. The molecule has 1 atom stereocenters. The lowest BCUT2D eigenvalue weighted by Crippen LogP contribution is -2.47. The molecule has 0 aliphatic carbocycles. The van der Waals surface area contributed by atoms with Gasteiger partial charge in [0.05, 0.1) is 6.04 Å². The number of carbonyl (C=O) groups is 1. The summed E-state index contributed by atoms with van der Waals surface area (Å²) in [4.78, 5) is 16.8. The lowest BCUT2D eigenvalue weighted by molar-refractivity contribution is -0.122. The topological polar surface area (TPSA) is 35.6 Å². The molecular weight excluding hydrogens is 329 g/mol. The van der Waals surface area contributed by atoms with E-state index in [4.69, 9.17) is 0 Å². The summed E-state index contributed by atoms with van der Waals surface area (Å²) in [6.45, 7) is 6.40. The van der Waals surface area contributed by atoms with Gasteiger partial charge in [0, 0.05) is 44.8 Å². The predicted molar refractivity (Wildman–Crippen MR) is 103 cm³/mol. The Balaban J connectivity index is 1.39. The minimum Gasteiger partial charge on any atom is -0.369 e. The molecule has 4 nitrogen and oxygen atoms in total. The minimum absolute atomic E-state index is 0.0269. The number of hydrogen-bond donors (Lipinski definition) is 1. The smallest absolute Gasteiger partial charge is 0.221 e. The fourth-order valence-corrected chi connectivity index (χ4v) is 3.28. The van der Waals surface area contributed by atoms with Crippen LogP contribution in [0.5, 0.6) is 0 Å². The van der Waals surface area contributed by atoms with Crippen LogP contribution in [0.3, 0.4) is 0 Å². The lowest BCUT2D eigenvalue weighted by Gasteiger charge is -2.36. The number of hydrogen-bond acceptors (Lipinski definition) is 3. The van der Waals surface area contributed by atoms with E-state index in [9.17, 15) is 9.18 Å². The molecule has 1 amide bonds. The summed E-state index contributed by atoms with van der Waals surface area (Å²) in [6.07, 6.45) is 0.508. The maximum atomic E-state index is 13.0. The molecule has 1 unspecified atom stereocenters. The van der Waals surface area contributed by atoms with Crippen molar-refractivity contribution in [2.45, 2.75) is 19.4 Å². The predicted octanol–water partition coefficient (Wildman–Crippen LogP) is 3.22. The SMILES string of the molecule is CC(NC(=O)CCN1CCN(c2ccc(F)cc2)CC1)c1ccccc1. The van der Waals surface area contributed by atoms with Gasteiger partial charge in [-0.2, -0.15) is 0 Å². The largest absolute Gasteiger partial charge is 0.369 e. The molecule has 138 valence electrons. The zero-order valence-electron chi connectivity index (χ0n) is 15.2. The van der Waals surface area contributed by atoms with Crippen LogP contribution in [0.1, 0.15) is 24.9 Å². The summed E-state index contributed by atoms with van der Waals surface area (Å²) in [5.41, 5.74) is 2.18. The molecule has 2 aromatic carbocycles. The van der Waals surface area contributed by atoms with Crippen molar-refractivity contribution in [3.05, 3.63) is 66.0 Å². The van der Waals surface area contributed by atoms with Crippen LogP contribution in [0, 0.1) is 5.82 Å². The van der Waals surface area contributed by atoms with Crippen molar-refractivity contribution in [1.82, 2.24) is 10.2 Å². The molecule has 3 rings (SSSR count). The third kappa shape index (κ3) is 5.05.